The number of ether oxygens (including phenoxy) is 2. The fourth-order valence-electron chi connectivity index (χ4n) is 2.20. The van der Waals surface area contributed by atoms with Crippen LogP contribution in [-0.4, -0.2) is 18.0 Å². The van der Waals surface area contributed by atoms with Gasteiger partial charge in [-0.05, 0) is 30.0 Å². The molecule has 0 spiro atoms. The van der Waals surface area contributed by atoms with Gasteiger partial charge in [0, 0.05) is 11.2 Å². The minimum absolute atomic E-state index is 0.488. The van der Waals surface area contributed by atoms with E-state index in [0.29, 0.717) is 10.7 Å². The molecule has 100 valence electrons. The van der Waals surface area contributed by atoms with Crippen molar-refractivity contribution in [1.82, 2.24) is 0 Å². The molecule has 1 aromatic carbocycles. The fraction of sp³-hybridized carbons (Fsp3) is 0.600. The first-order chi connectivity index (χ1) is 8.72. The second kappa shape index (κ2) is 6.46. The molecule has 2 rings (SSSR count). The lowest BCUT2D eigenvalue weighted by molar-refractivity contribution is 0.297. The van der Waals surface area contributed by atoms with Crippen LogP contribution in [0.1, 0.15) is 44.6 Å². The van der Waals surface area contributed by atoms with Crippen molar-refractivity contribution in [3.8, 4) is 11.5 Å². The van der Waals surface area contributed by atoms with Crippen molar-refractivity contribution in [2.75, 3.05) is 13.2 Å². The van der Waals surface area contributed by atoms with Gasteiger partial charge in [0.1, 0.15) is 0 Å². The number of hydrogen-bond acceptors (Lipinski definition) is 2. The summed E-state index contributed by atoms with van der Waals surface area (Å²) in [5.74, 6) is 2.26. The molecule has 0 aliphatic carbocycles. The highest BCUT2D eigenvalue weighted by Gasteiger charge is 2.18. The number of fused-ring (bicyclic) bond motifs is 1. The normalized spacial score (nSPS) is 17.9. The van der Waals surface area contributed by atoms with Gasteiger partial charge in [0.15, 0.2) is 11.5 Å². The Hall–Kier alpha value is -0.700. The third kappa shape index (κ3) is 3.19. The topological polar surface area (TPSA) is 18.5 Å². The summed E-state index contributed by atoms with van der Waals surface area (Å²) in [7, 11) is 0. The van der Waals surface area contributed by atoms with Gasteiger partial charge in [-0.2, -0.15) is 0 Å². The summed E-state index contributed by atoms with van der Waals surface area (Å²) < 4.78 is 11.4. The molecule has 1 heterocycles. The summed E-state index contributed by atoms with van der Waals surface area (Å²) in [4.78, 5) is 0.521. The maximum atomic E-state index is 5.74. The third-order valence-electron chi connectivity index (χ3n) is 3.40. The quantitative estimate of drug-likeness (QED) is 0.761. The van der Waals surface area contributed by atoms with Crippen LogP contribution in [-0.2, 0) is 0 Å². The highest BCUT2D eigenvalue weighted by molar-refractivity contribution is 9.09. The molecule has 0 saturated carbocycles. The van der Waals surface area contributed by atoms with E-state index in [-0.39, 0.29) is 0 Å². The number of rotatable bonds is 4. The van der Waals surface area contributed by atoms with Crippen molar-refractivity contribution >= 4 is 15.9 Å². The molecule has 1 aliphatic heterocycles. The second-order valence-electron chi connectivity index (χ2n) is 4.85. The zero-order valence-corrected chi connectivity index (χ0v) is 12.7. The van der Waals surface area contributed by atoms with Gasteiger partial charge in [-0.3, -0.25) is 0 Å². The minimum Gasteiger partial charge on any atom is -0.490 e. The molecule has 0 radical (unpaired) electrons. The SMILES string of the molecule is CCCC(Br)C(C)c1ccc2c(c1)OCCCO2. The van der Waals surface area contributed by atoms with Crippen molar-refractivity contribution in [2.24, 2.45) is 0 Å². The molecule has 0 aromatic heterocycles. The molecule has 0 amide bonds. The Kier molecular flexibility index (Phi) is 4.93. The van der Waals surface area contributed by atoms with Crippen LogP contribution in [0.3, 0.4) is 0 Å². The second-order valence-corrected chi connectivity index (χ2v) is 6.03. The average molecular weight is 313 g/mol. The summed E-state index contributed by atoms with van der Waals surface area (Å²) in [5, 5.41) is 0. The Morgan fingerprint density at radius 2 is 1.94 bits per heavy atom. The number of benzene rings is 1. The van der Waals surface area contributed by atoms with Gasteiger partial charge in [0.25, 0.3) is 0 Å². The molecule has 0 N–H and O–H groups in total. The van der Waals surface area contributed by atoms with Gasteiger partial charge in [-0.1, -0.05) is 42.3 Å². The summed E-state index contributed by atoms with van der Waals surface area (Å²) in [5.41, 5.74) is 1.31. The van der Waals surface area contributed by atoms with E-state index in [9.17, 15) is 0 Å². The molecular weight excluding hydrogens is 292 g/mol. The molecule has 0 fully saturated rings. The van der Waals surface area contributed by atoms with Gasteiger partial charge in [0.05, 0.1) is 13.2 Å². The maximum Gasteiger partial charge on any atom is 0.161 e. The van der Waals surface area contributed by atoms with Crippen molar-refractivity contribution in [3.63, 3.8) is 0 Å². The highest BCUT2D eigenvalue weighted by atomic mass is 79.9. The fourth-order valence-corrected chi connectivity index (χ4v) is 2.96. The van der Waals surface area contributed by atoms with Crippen molar-refractivity contribution in [3.05, 3.63) is 23.8 Å². The smallest absolute Gasteiger partial charge is 0.161 e. The van der Waals surface area contributed by atoms with Crippen LogP contribution in [0.2, 0.25) is 0 Å². The third-order valence-corrected chi connectivity index (χ3v) is 4.66. The van der Waals surface area contributed by atoms with E-state index in [1.807, 2.05) is 6.07 Å². The summed E-state index contributed by atoms with van der Waals surface area (Å²) >= 11 is 3.78. The summed E-state index contributed by atoms with van der Waals surface area (Å²) in [6.45, 7) is 5.97. The van der Waals surface area contributed by atoms with E-state index >= 15 is 0 Å². The Morgan fingerprint density at radius 1 is 1.22 bits per heavy atom. The number of hydrogen-bond donors (Lipinski definition) is 0. The van der Waals surface area contributed by atoms with Crippen molar-refractivity contribution < 1.29 is 9.47 Å². The van der Waals surface area contributed by atoms with Crippen LogP contribution < -0.4 is 9.47 Å². The van der Waals surface area contributed by atoms with Crippen molar-refractivity contribution in [2.45, 2.75) is 43.9 Å². The lowest BCUT2D eigenvalue weighted by Crippen LogP contribution is -2.09. The lowest BCUT2D eigenvalue weighted by Gasteiger charge is -2.19. The van der Waals surface area contributed by atoms with Gasteiger partial charge < -0.3 is 9.47 Å². The number of halogens is 1. The highest BCUT2D eigenvalue weighted by Crippen LogP contribution is 2.35. The monoisotopic (exact) mass is 312 g/mol. The summed E-state index contributed by atoms with van der Waals surface area (Å²) in [6, 6.07) is 6.33. The molecular formula is C15H21BrO2. The first-order valence-electron chi connectivity index (χ1n) is 6.76. The molecule has 1 aliphatic rings. The molecule has 0 bridgehead atoms. The molecule has 18 heavy (non-hydrogen) atoms. The van der Waals surface area contributed by atoms with Crippen LogP contribution in [0, 0.1) is 0 Å². The van der Waals surface area contributed by atoms with Gasteiger partial charge in [-0.15, -0.1) is 0 Å². The molecule has 0 saturated heterocycles. The summed E-state index contributed by atoms with van der Waals surface area (Å²) in [6.07, 6.45) is 3.34. The zero-order valence-electron chi connectivity index (χ0n) is 11.1. The van der Waals surface area contributed by atoms with Crippen LogP contribution in [0.4, 0.5) is 0 Å². The predicted molar refractivity (Wildman–Crippen MR) is 78.1 cm³/mol. The van der Waals surface area contributed by atoms with Crippen LogP contribution in [0.25, 0.3) is 0 Å². The predicted octanol–water partition coefficient (Wildman–Crippen LogP) is 4.52. The molecule has 1 aromatic rings. The van der Waals surface area contributed by atoms with E-state index in [2.05, 4.69) is 41.9 Å². The molecule has 2 nitrogen and oxygen atoms in total. The van der Waals surface area contributed by atoms with E-state index in [1.165, 1.54) is 18.4 Å². The zero-order chi connectivity index (χ0) is 13.0. The van der Waals surface area contributed by atoms with E-state index in [1.54, 1.807) is 0 Å². The van der Waals surface area contributed by atoms with Crippen molar-refractivity contribution in [1.29, 1.82) is 0 Å². The molecule has 2 atom stereocenters. The van der Waals surface area contributed by atoms with Crippen LogP contribution >= 0.6 is 15.9 Å². The minimum atomic E-state index is 0.488. The van der Waals surface area contributed by atoms with Gasteiger partial charge in [0.2, 0.25) is 0 Å². The Morgan fingerprint density at radius 3 is 2.67 bits per heavy atom. The molecule has 3 heteroatoms. The van der Waals surface area contributed by atoms with Gasteiger partial charge in [-0.25, -0.2) is 0 Å². The first kappa shape index (κ1) is 13.7. The van der Waals surface area contributed by atoms with Crippen LogP contribution in [0.15, 0.2) is 18.2 Å². The largest absolute Gasteiger partial charge is 0.490 e. The van der Waals surface area contributed by atoms with E-state index in [4.69, 9.17) is 9.47 Å². The lowest BCUT2D eigenvalue weighted by atomic mass is 9.95. The maximum absolute atomic E-state index is 5.74. The van der Waals surface area contributed by atoms with E-state index < -0.39 is 0 Å². The molecule has 2 unspecified atom stereocenters. The van der Waals surface area contributed by atoms with E-state index in [0.717, 1.165) is 31.1 Å². The number of alkyl halides is 1. The Labute approximate surface area is 118 Å². The Bertz CT molecular complexity index is 392. The Balaban J connectivity index is 2.17. The standard InChI is InChI=1S/C15H21BrO2/c1-3-5-13(16)11(2)12-6-7-14-15(10-12)18-9-4-8-17-14/h6-7,10-11,13H,3-5,8-9H2,1-2H3. The first-order valence-corrected chi connectivity index (χ1v) is 7.67. The van der Waals surface area contributed by atoms with Gasteiger partial charge >= 0.3 is 0 Å². The van der Waals surface area contributed by atoms with Crippen LogP contribution in [0.5, 0.6) is 11.5 Å². The average Bonchev–Trinajstić information content (AvgIpc) is 2.62.